The lowest BCUT2D eigenvalue weighted by Gasteiger charge is -2.19. The third-order valence-electron chi connectivity index (χ3n) is 4.18. The first-order valence-corrected chi connectivity index (χ1v) is 6.36. The minimum atomic E-state index is 0.821. The molecule has 0 radical (unpaired) electrons. The van der Waals surface area contributed by atoms with Crippen LogP contribution in [-0.2, 0) is 0 Å². The molecule has 0 heterocycles. The summed E-state index contributed by atoms with van der Waals surface area (Å²) < 4.78 is 0. The first kappa shape index (κ1) is 12.7. The van der Waals surface area contributed by atoms with Gasteiger partial charge < -0.3 is 5.73 Å². The van der Waals surface area contributed by atoms with Crippen LogP contribution >= 0.6 is 0 Å². The summed E-state index contributed by atoms with van der Waals surface area (Å²) in [6, 6.07) is 8.15. The zero-order valence-corrected chi connectivity index (χ0v) is 11.9. The van der Waals surface area contributed by atoms with E-state index in [1.807, 2.05) is 12.1 Å². The van der Waals surface area contributed by atoms with Crippen molar-refractivity contribution in [3.8, 4) is 11.1 Å². The van der Waals surface area contributed by atoms with Gasteiger partial charge in [-0.1, -0.05) is 12.1 Å². The van der Waals surface area contributed by atoms with Crippen LogP contribution in [-0.4, -0.2) is 0 Å². The van der Waals surface area contributed by atoms with Crippen LogP contribution in [0.25, 0.3) is 11.1 Å². The smallest absolute Gasteiger partial charge is 0.0320 e. The highest BCUT2D eigenvalue weighted by Gasteiger charge is 2.13. The first-order chi connectivity index (χ1) is 8.43. The highest BCUT2D eigenvalue weighted by atomic mass is 14.5. The summed E-state index contributed by atoms with van der Waals surface area (Å²) in [6.45, 7) is 11.0. The zero-order valence-electron chi connectivity index (χ0n) is 11.9. The molecular formula is C17H21N. The minimum Gasteiger partial charge on any atom is -0.399 e. The SMILES string of the molecule is Cc1c(C)c(C)c(-c2cccc(N)c2)c(C)c1C. The quantitative estimate of drug-likeness (QED) is 0.730. The highest BCUT2D eigenvalue weighted by molar-refractivity contribution is 5.76. The Kier molecular flexibility index (Phi) is 3.16. The predicted octanol–water partition coefficient (Wildman–Crippen LogP) is 4.48. The molecule has 2 aromatic carbocycles. The Morgan fingerprint density at radius 1 is 0.722 bits per heavy atom. The van der Waals surface area contributed by atoms with Crippen molar-refractivity contribution in [3.05, 3.63) is 52.1 Å². The van der Waals surface area contributed by atoms with E-state index in [9.17, 15) is 0 Å². The van der Waals surface area contributed by atoms with Gasteiger partial charge in [0.25, 0.3) is 0 Å². The summed E-state index contributed by atoms with van der Waals surface area (Å²) >= 11 is 0. The van der Waals surface area contributed by atoms with E-state index in [2.05, 4.69) is 46.8 Å². The van der Waals surface area contributed by atoms with Crippen LogP contribution in [0.3, 0.4) is 0 Å². The van der Waals surface area contributed by atoms with Crippen molar-refractivity contribution in [2.45, 2.75) is 34.6 Å². The average Bonchev–Trinajstić information content (AvgIpc) is 2.34. The summed E-state index contributed by atoms with van der Waals surface area (Å²) in [5.74, 6) is 0. The lowest BCUT2D eigenvalue weighted by molar-refractivity contribution is 1.18. The molecule has 0 aliphatic carbocycles. The van der Waals surface area contributed by atoms with Gasteiger partial charge in [0.1, 0.15) is 0 Å². The van der Waals surface area contributed by atoms with Gasteiger partial charge in [-0.05, 0) is 85.7 Å². The Labute approximate surface area is 110 Å². The summed E-state index contributed by atoms with van der Waals surface area (Å²) in [6.07, 6.45) is 0. The molecule has 0 unspecified atom stereocenters. The molecule has 2 rings (SSSR count). The fourth-order valence-corrected chi connectivity index (χ4v) is 2.63. The van der Waals surface area contributed by atoms with Gasteiger partial charge in [-0.15, -0.1) is 0 Å². The zero-order chi connectivity index (χ0) is 13.4. The lowest BCUT2D eigenvalue weighted by Crippen LogP contribution is -1.99. The number of rotatable bonds is 1. The molecular weight excluding hydrogens is 218 g/mol. The summed E-state index contributed by atoms with van der Waals surface area (Å²) in [4.78, 5) is 0. The van der Waals surface area contributed by atoms with Crippen LogP contribution < -0.4 is 5.73 Å². The van der Waals surface area contributed by atoms with Crippen molar-refractivity contribution in [2.75, 3.05) is 5.73 Å². The maximum Gasteiger partial charge on any atom is 0.0320 e. The van der Waals surface area contributed by atoms with Gasteiger partial charge in [0.15, 0.2) is 0 Å². The van der Waals surface area contributed by atoms with Gasteiger partial charge in [0.2, 0.25) is 0 Å². The topological polar surface area (TPSA) is 26.0 Å². The summed E-state index contributed by atoms with van der Waals surface area (Å²) in [5, 5.41) is 0. The lowest BCUT2D eigenvalue weighted by atomic mass is 9.86. The van der Waals surface area contributed by atoms with Crippen molar-refractivity contribution >= 4 is 5.69 Å². The van der Waals surface area contributed by atoms with Gasteiger partial charge in [0, 0.05) is 5.69 Å². The molecule has 0 fully saturated rings. The van der Waals surface area contributed by atoms with Crippen LogP contribution in [0.2, 0.25) is 0 Å². The third-order valence-corrected chi connectivity index (χ3v) is 4.18. The molecule has 0 aliphatic heterocycles. The summed E-state index contributed by atoms with van der Waals surface area (Å²) in [7, 11) is 0. The van der Waals surface area contributed by atoms with Crippen LogP contribution in [0, 0.1) is 34.6 Å². The highest BCUT2D eigenvalue weighted by Crippen LogP contribution is 2.34. The molecule has 0 spiro atoms. The van der Waals surface area contributed by atoms with E-state index in [1.54, 1.807) is 0 Å². The molecule has 0 amide bonds. The van der Waals surface area contributed by atoms with Gasteiger partial charge >= 0.3 is 0 Å². The number of hydrogen-bond acceptors (Lipinski definition) is 1. The molecule has 0 aromatic heterocycles. The molecule has 1 nitrogen and oxygen atoms in total. The number of anilines is 1. The maximum atomic E-state index is 5.90. The maximum absolute atomic E-state index is 5.90. The van der Waals surface area contributed by atoms with Crippen LogP contribution in [0.15, 0.2) is 24.3 Å². The van der Waals surface area contributed by atoms with Crippen molar-refractivity contribution in [1.82, 2.24) is 0 Å². The van der Waals surface area contributed by atoms with Crippen LogP contribution in [0.4, 0.5) is 5.69 Å². The van der Waals surface area contributed by atoms with E-state index in [0.29, 0.717) is 0 Å². The molecule has 0 saturated carbocycles. The van der Waals surface area contributed by atoms with E-state index < -0.39 is 0 Å². The fourth-order valence-electron chi connectivity index (χ4n) is 2.63. The summed E-state index contributed by atoms with van der Waals surface area (Å²) in [5.41, 5.74) is 16.2. The fraction of sp³-hybridized carbons (Fsp3) is 0.294. The second-order valence-electron chi connectivity index (χ2n) is 5.13. The van der Waals surface area contributed by atoms with Crippen LogP contribution in [0.1, 0.15) is 27.8 Å². The molecule has 0 bridgehead atoms. The number of hydrogen-bond donors (Lipinski definition) is 1. The van der Waals surface area contributed by atoms with Gasteiger partial charge in [-0.3, -0.25) is 0 Å². The Morgan fingerprint density at radius 2 is 1.22 bits per heavy atom. The van der Waals surface area contributed by atoms with Gasteiger partial charge in [0.05, 0.1) is 0 Å². The van der Waals surface area contributed by atoms with Crippen molar-refractivity contribution in [1.29, 1.82) is 0 Å². The van der Waals surface area contributed by atoms with Gasteiger partial charge in [-0.25, -0.2) is 0 Å². The first-order valence-electron chi connectivity index (χ1n) is 6.36. The minimum absolute atomic E-state index is 0.821. The Hall–Kier alpha value is -1.76. The van der Waals surface area contributed by atoms with Crippen molar-refractivity contribution in [3.63, 3.8) is 0 Å². The second kappa shape index (κ2) is 4.49. The van der Waals surface area contributed by atoms with E-state index in [4.69, 9.17) is 5.73 Å². The molecule has 2 aromatic rings. The Morgan fingerprint density at radius 3 is 1.72 bits per heavy atom. The van der Waals surface area contributed by atoms with Crippen LogP contribution in [0.5, 0.6) is 0 Å². The predicted molar refractivity (Wildman–Crippen MR) is 80.0 cm³/mol. The molecule has 0 atom stereocenters. The number of benzene rings is 2. The van der Waals surface area contributed by atoms with E-state index in [1.165, 1.54) is 38.9 Å². The largest absolute Gasteiger partial charge is 0.399 e. The Bertz CT molecular complexity index is 580. The van der Waals surface area contributed by atoms with E-state index in [-0.39, 0.29) is 0 Å². The molecule has 1 heteroatoms. The normalized spacial score (nSPS) is 10.7. The molecule has 18 heavy (non-hydrogen) atoms. The third kappa shape index (κ3) is 1.90. The van der Waals surface area contributed by atoms with E-state index >= 15 is 0 Å². The molecule has 0 aliphatic rings. The average molecular weight is 239 g/mol. The molecule has 2 N–H and O–H groups in total. The number of nitrogens with two attached hydrogens (primary N) is 1. The van der Waals surface area contributed by atoms with Gasteiger partial charge in [-0.2, -0.15) is 0 Å². The standard InChI is InChI=1S/C17H21N/c1-10-11(2)13(4)17(14(5)12(10)3)15-7-6-8-16(18)9-15/h6-9H,18H2,1-5H3. The second-order valence-corrected chi connectivity index (χ2v) is 5.13. The van der Waals surface area contributed by atoms with Crippen molar-refractivity contribution < 1.29 is 0 Å². The molecule has 94 valence electrons. The number of nitrogen functional groups attached to an aromatic ring is 1. The van der Waals surface area contributed by atoms with Crippen molar-refractivity contribution in [2.24, 2.45) is 0 Å². The van der Waals surface area contributed by atoms with E-state index in [0.717, 1.165) is 5.69 Å². The Balaban J connectivity index is 2.80. The molecule has 0 saturated heterocycles. The monoisotopic (exact) mass is 239 g/mol.